The molecule has 1 N–H and O–H groups in total. The second kappa shape index (κ2) is 8.51. The molecule has 2 aliphatic heterocycles. The highest BCUT2D eigenvalue weighted by atomic mass is 16.1. The van der Waals surface area contributed by atoms with Crippen LogP contribution in [0.15, 0.2) is 48.9 Å². The number of hydrogen-bond donors (Lipinski definition) is 1. The molecule has 31 heavy (non-hydrogen) atoms. The molecule has 0 aliphatic carbocycles. The smallest absolute Gasteiger partial charge is 0.259 e. The van der Waals surface area contributed by atoms with Gasteiger partial charge in [0.15, 0.2) is 0 Å². The highest BCUT2D eigenvalue weighted by Crippen LogP contribution is 2.33. The minimum atomic E-state index is -0.132. The summed E-state index contributed by atoms with van der Waals surface area (Å²) in [6, 6.07) is 9.84. The second-order valence-electron chi connectivity index (χ2n) is 8.37. The van der Waals surface area contributed by atoms with Gasteiger partial charge in [-0.25, -0.2) is 4.98 Å². The van der Waals surface area contributed by atoms with E-state index in [9.17, 15) is 4.79 Å². The number of aromatic nitrogens is 2. The van der Waals surface area contributed by atoms with Crippen LogP contribution >= 0.6 is 0 Å². The Morgan fingerprint density at radius 1 is 0.903 bits per heavy atom. The highest BCUT2D eigenvalue weighted by molar-refractivity contribution is 6.12. The molecular formula is C24H28N6O. The number of hydrogen-bond acceptors (Lipinski definition) is 6. The third-order valence-electron chi connectivity index (χ3n) is 6.32. The fourth-order valence-electron chi connectivity index (χ4n) is 4.55. The monoisotopic (exact) mass is 416 g/mol. The first kappa shape index (κ1) is 19.8. The number of nitrogens with one attached hydrogen (secondary N) is 1. The quantitative estimate of drug-likeness (QED) is 0.705. The molecule has 2 saturated heterocycles. The van der Waals surface area contributed by atoms with Crippen molar-refractivity contribution < 1.29 is 4.79 Å². The lowest BCUT2D eigenvalue weighted by atomic mass is 10.1. The number of piperazine rings is 1. The molecule has 4 heterocycles. The van der Waals surface area contributed by atoms with Crippen molar-refractivity contribution in [1.29, 1.82) is 0 Å². The minimum Gasteiger partial charge on any atom is -0.368 e. The third kappa shape index (κ3) is 3.93. The normalized spacial score (nSPS) is 17.3. The van der Waals surface area contributed by atoms with Crippen LogP contribution in [0.25, 0.3) is 10.8 Å². The predicted octanol–water partition coefficient (Wildman–Crippen LogP) is 3.23. The maximum absolute atomic E-state index is 13.2. The van der Waals surface area contributed by atoms with E-state index in [0.29, 0.717) is 5.56 Å². The zero-order valence-corrected chi connectivity index (χ0v) is 17.9. The number of amides is 1. The van der Waals surface area contributed by atoms with Crippen molar-refractivity contribution in [3.63, 3.8) is 0 Å². The first-order valence-corrected chi connectivity index (χ1v) is 11.0. The molecule has 7 heteroatoms. The molecule has 160 valence electrons. The van der Waals surface area contributed by atoms with Crippen molar-refractivity contribution in [2.75, 3.05) is 61.4 Å². The van der Waals surface area contributed by atoms with Crippen LogP contribution in [0, 0.1) is 0 Å². The maximum atomic E-state index is 13.2. The molecule has 0 radical (unpaired) electrons. The number of likely N-dealkylation sites (N-methyl/N-ethyl adjacent to an activating group) is 1. The van der Waals surface area contributed by atoms with Gasteiger partial charge < -0.3 is 20.0 Å². The van der Waals surface area contributed by atoms with Crippen LogP contribution in [-0.4, -0.2) is 67.1 Å². The van der Waals surface area contributed by atoms with E-state index < -0.39 is 0 Å². The molecule has 3 aromatic rings. The molecule has 0 unspecified atom stereocenters. The van der Waals surface area contributed by atoms with Gasteiger partial charge in [0.1, 0.15) is 5.82 Å². The van der Waals surface area contributed by atoms with E-state index in [1.54, 1.807) is 6.20 Å². The molecule has 2 aromatic heterocycles. The van der Waals surface area contributed by atoms with Gasteiger partial charge in [-0.2, -0.15) is 0 Å². The van der Waals surface area contributed by atoms with Gasteiger partial charge in [0, 0.05) is 74.3 Å². The van der Waals surface area contributed by atoms with E-state index in [4.69, 9.17) is 0 Å². The molecule has 2 fully saturated rings. The molecular weight excluding hydrogens is 388 g/mol. The molecule has 0 atom stereocenters. The van der Waals surface area contributed by atoms with Crippen molar-refractivity contribution in [3.8, 4) is 0 Å². The van der Waals surface area contributed by atoms with Crippen LogP contribution in [-0.2, 0) is 0 Å². The Balaban J connectivity index is 1.45. The predicted molar refractivity (Wildman–Crippen MR) is 125 cm³/mol. The molecule has 1 aromatic carbocycles. The number of carbonyl (C=O) groups excluding carboxylic acids is 1. The Bertz CT molecular complexity index is 1090. The summed E-state index contributed by atoms with van der Waals surface area (Å²) in [7, 11) is 2.16. The van der Waals surface area contributed by atoms with E-state index in [1.165, 1.54) is 5.69 Å². The molecule has 2 aliphatic rings. The first-order valence-electron chi connectivity index (χ1n) is 11.0. The summed E-state index contributed by atoms with van der Waals surface area (Å²) in [6.45, 7) is 5.98. The molecule has 0 saturated carbocycles. The first-order chi connectivity index (χ1) is 15.2. The summed E-state index contributed by atoms with van der Waals surface area (Å²) >= 11 is 0. The average molecular weight is 417 g/mol. The van der Waals surface area contributed by atoms with Crippen LogP contribution in [0.5, 0.6) is 0 Å². The Morgan fingerprint density at radius 3 is 2.52 bits per heavy atom. The van der Waals surface area contributed by atoms with Gasteiger partial charge in [-0.15, -0.1) is 0 Å². The van der Waals surface area contributed by atoms with Gasteiger partial charge in [0.2, 0.25) is 0 Å². The number of anilines is 3. The van der Waals surface area contributed by atoms with Crippen LogP contribution in [0.1, 0.15) is 23.2 Å². The van der Waals surface area contributed by atoms with Gasteiger partial charge in [-0.3, -0.25) is 9.78 Å². The second-order valence-corrected chi connectivity index (χ2v) is 8.37. The van der Waals surface area contributed by atoms with Gasteiger partial charge in [0.05, 0.1) is 11.3 Å². The molecule has 7 nitrogen and oxygen atoms in total. The Morgan fingerprint density at radius 2 is 1.71 bits per heavy atom. The standard InChI is InChI=1S/C24H28N6O/c1-28-13-15-29(16-14-28)22-7-6-21(20-17-25-10-8-18(20)22)27-24(31)19-5-4-9-26-23(19)30-11-2-3-12-30/h4-10,17H,2-3,11-16H2,1H3,(H,27,31). The lowest BCUT2D eigenvalue weighted by Gasteiger charge is -2.34. The van der Waals surface area contributed by atoms with Crippen LogP contribution in [0.3, 0.4) is 0 Å². The lowest BCUT2D eigenvalue weighted by Crippen LogP contribution is -2.44. The number of fused-ring (bicyclic) bond motifs is 1. The Hall–Kier alpha value is -3.19. The summed E-state index contributed by atoms with van der Waals surface area (Å²) in [5.74, 6) is 0.640. The SMILES string of the molecule is CN1CCN(c2ccc(NC(=O)c3cccnc3N3CCCC3)c3cnccc23)CC1. The fourth-order valence-corrected chi connectivity index (χ4v) is 4.55. The number of carbonyl (C=O) groups is 1. The van der Waals surface area contributed by atoms with Crippen molar-refractivity contribution in [1.82, 2.24) is 14.9 Å². The average Bonchev–Trinajstić information content (AvgIpc) is 3.35. The summed E-state index contributed by atoms with van der Waals surface area (Å²) in [5.41, 5.74) is 2.59. The van der Waals surface area contributed by atoms with E-state index in [-0.39, 0.29) is 5.91 Å². The van der Waals surface area contributed by atoms with Crippen LogP contribution in [0.2, 0.25) is 0 Å². The van der Waals surface area contributed by atoms with Gasteiger partial charge >= 0.3 is 0 Å². The van der Waals surface area contributed by atoms with Crippen molar-refractivity contribution >= 4 is 33.9 Å². The van der Waals surface area contributed by atoms with Crippen molar-refractivity contribution in [2.24, 2.45) is 0 Å². The summed E-state index contributed by atoms with van der Waals surface area (Å²) in [4.78, 5) is 29.1. The molecule has 5 rings (SSSR count). The number of nitrogens with zero attached hydrogens (tertiary/aromatic N) is 5. The Labute approximate surface area is 182 Å². The molecule has 1 amide bonds. The topological polar surface area (TPSA) is 64.6 Å². The van der Waals surface area contributed by atoms with E-state index >= 15 is 0 Å². The van der Waals surface area contributed by atoms with Gasteiger partial charge in [-0.05, 0) is 50.2 Å². The van der Waals surface area contributed by atoms with Crippen LogP contribution in [0.4, 0.5) is 17.2 Å². The highest BCUT2D eigenvalue weighted by Gasteiger charge is 2.22. The lowest BCUT2D eigenvalue weighted by molar-refractivity contribution is 0.102. The largest absolute Gasteiger partial charge is 0.368 e. The third-order valence-corrected chi connectivity index (χ3v) is 6.32. The zero-order valence-electron chi connectivity index (χ0n) is 17.9. The minimum absolute atomic E-state index is 0.132. The number of pyridine rings is 2. The summed E-state index contributed by atoms with van der Waals surface area (Å²) in [5, 5.41) is 5.20. The van der Waals surface area contributed by atoms with Gasteiger partial charge in [-0.1, -0.05) is 0 Å². The molecule has 0 bridgehead atoms. The van der Waals surface area contributed by atoms with E-state index in [1.807, 2.05) is 36.7 Å². The number of benzene rings is 1. The van der Waals surface area contributed by atoms with Crippen molar-refractivity contribution in [2.45, 2.75) is 12.8 Å². The van der Waals surface area contributed by atoms with Crippen LogP contribution < -0.4 is 15.1 Å². The van der Waals surface area contributed by atoms with E-state index in [2.05, 4.69) is 43.1 Å². The Kier molecular flexibility index (Phi) is 5.42. The summed E-state index contributed by atoms with van der Waals surface area (Å²) < 4.78 is 0. The molecule has 0 spiro atoms. The van der Waals surface area contributed by atoms with Gasteiger partial charge in [0.25, 0.3) is 5.91 Å². The number of rotatable bonds is 4. The van der Waals surface area contributed by atoms with Crippen molar-refractivity contribution in [3.05, 3.63) is 54.5 Å². The summed E-state index contributed by atoms with van der Waals surface area (Å²) in [6.07, 6.45) is 7.70. The zero-order chi connectivity index (χ0) is 21.2. The maximum Gasteiger partial charge on any atom is 0.259 e. The van der Waals surface area contributed by atoms with E-state index in [0.717, 1.165) is 74.4 Å². The fraction of sp³-hybridized carbons (Fsp3) is 0.375.